The molecule has 2 aromatic heterocycles. The number of likely N-dealkylation sites (tertiary alicyclic amines) is 1. The predicted octanol–water partition coefficient (Wildman–Crippen LogP) is 4.10. The van der Waals surface area contributed by atoms with Crippen molar-refractivity contribution < 1.29 is 9.59 Å². The quantitative estimate of drug-likeness (QED) is 0.665. The van der Waals surface area contributed by atoms with E-state index in [0.29, 0.717) is 19.4 Å². The van der Waals surface area contributed by atoms with Crippen LogP contribution >= 0.6 is 0 Å². The number of carbonyl (C=O) groups is 2. The second-order valence-corrected chi connectivity index (χ2v) is 10.7. The van der Waals surface area contributed by atoms with E-state index in [9.17, 15) is 9.59 Å². The number of nitrogens with one attached hydrogen (secondary N) is 2. The van der Waals surface area contributed by atoms with E-state index in [1.54, 1.807) is 4.90 Å². The number of aromatic nitrogens is 3. The number of fused-ring (bicyclic) bond motifs is 1. The lowest BCUT2D eigenvalue weighted by molar-refractivity contribution is -0.132. The van der Waals surface area contributed by atoms with Crippen LogP contribution in [0.1, 0.15) is 69.0 Å². The van der Waals surface area contributed by atoms with Gasteiger partial charge in [0.25, 0.3) is 0 Å². The monoisotopic (exact) mass is 451 g/mol. The molecule has 2 N–H and O–H groups in total. The molecule has 3 heterocycles. The van der Waals surface area contributed by atoms with Crippen LogP contribution in [0.2, 0.25) is 0 Å². The van der Waals surface area contributed by atoms with Gasteiger partial charge in [-0.25, -0.2) is 0 Å². The van der Waals surface area contributed by atoms with Crippen molar-refractivity contribution in [2.75, 3.05) is 20.1 Å². The van der Waals surface area contributed by atoms with Gasteiger partial charge in [0.1, 0.15) is 5.69 Å². The third kappa shape index (κ3) is 5.23. The fraction of sp³-hybridized carbons (Fsp3) is 0.577. The minimum atomic E-state index is 0.00654. The Labute approximate surface area is 196 Å². The Hall–Kier alpha value is -2.83. The second kappa shape index (κ2) is 9.20. The Morgan fingerprint density at radius 2 is 2.12 bits per heavy atom. The highest BCUT2D eigenvalue weighted by atomic mass is 16.2. The van der Waals surface area contributed by atoms with Gasteiger partial charge in [0.05, 0.1) is 11.7 Å². The maximum absolute atomic E-state index is 12.8. The van der Waals surface area contributed by atoms with E-state index in [-0.39, 0.29) is 23.3 Å². The van der Waals surface area contributed by atoms with Crippen LogP contribution in [-0.2, 0) is 22.4 Å². The number of aryl methyl sites for hydroxylation is 1. The van der Waals surface area contributed by atoms with Gasteiger partial charge in [0, 0.05) is 56.4 Å². The number of aromatic amines is 2. The van der Waals surface area contributed by atoms with E-state index in [1.165, 1.54) is 5.56 Å². The van der Waals surface area contributed by atoms with Crippen LogP contribution in [0.15, 0.2) is 12.1 Å². The van der Waals surface area contributed by atoms with Crippen molar-refractivity contribution in [3.63, 3.8) is 0 Å². The third-order valence-corrected chi connectivity index (χ3v) is 6.96. The number of rotatable bonds is 7. The fourth-order valence-corrected chi connectivity index (χ4v) is 4.73. The largest absolute Gasteiger partial charge is 0.356 e. The minimum absolute atomic E-state index is 0.00654. The maximum atomic E-state index is 12.8. The summed E-state index contributed by atoms with van der Waals surface area (Å²) < 4.78 is 0. The highest BCUT2D eigenvalue weighted by Crippen LogP contribution is 2.32. The molecule has 4 rings (SSSR count). The van der Waals surface area contributed by atoms with Crippen LogP contribution in [-0.4, -0.2) is 63.0 Å². The number of nitrogens with zero attached hydrogens (tertiary/aromatic N) is 3. The van der Waals surface area contributed by atoms with Crippen LogP contribution in [0.4, 0.5) is 0 Å². The lowest BCUT2D eigenvalue weighted by Gasteiger charge is -2.28. The molecule has 2 aliphatic rings. The average molecular weight is 452 g/mol. The standard InChI is InChI=1S/C26H37N5O2/c1-17-20(10-12-26(2,3)4)25(29-28-17)22-15-18-8-9-19(16-21(18)27-22)30(5)23(32)11-14-31-13-6-7-24(31)33/h8-9,15,19,27H,6-7,10-14,16H2,1-5H3,(H,28,29). The fourth-order valence-electron chi connectivity index (χ4n) is 4.73. The first kappa shape index (κ1) is 23.3. The van der Waals surface area contributed by atoms with E-state index in [2.05, 4.69) is 61.1 Å². The number of amides is 2. The highest BCUT2D eigenvalue weighted by Gasteiger charge is 2.26. The molecule has 0 aromatic carbocycles. The molecule has 0 bridgehead atoms. The van der Waals surface area contributed by atoms with Gasteiger partial charge in [0.15, 0.2) is 0 Å². The summed E-state index contributed by atoms with van der Waals surface area (Å²) in [5.41, 5.74) is 6.98. The van der Waals surface area contributed by atoms with Crippen molar-refractivity contribution in [3.05, 3.63) is 34.7 Å². The van der Waals surface area contributed by atoms with E-state index in [1.807, 2.05) is 11.9 Å². The smallest absolute Gasteiger partial charge is 0.224 e. The minimum Gasteiger partial charge on any atom is -0.356 e. The first-order chi connectivity index (χ1) is 15.6. The maximum Gasteiger partial charge on any atom is 0.224 e. The summed E-state index contributed by atoms with van der Waals surface area (Å²) in [5.74, 6) is 0.244. The van der Waals surface area contributed by atoms with Gasteiger partial charge in [-0.15, -0.1) is 0 Å². The van der Waals surface area contributed by atoms with Gasteiger partial charge >= 0.3 is 0 Å². The SMILES string of the molecule is Cc1[nH]nc(-c2cc3c([nH]2)CC(N(C)C(=O)CCN2CCCC2=O)C=C3)c1CCC(C)(C)C. The average Bonchev–Trinajstić information content (AvgIpc) is 3.46. The molecule has 0 saturated carbocycles. The molecule has 2 amide bonds. The van der Waals surface area contributed by atoms with Gasteiger partial charge in [-0.3, -0.25) is 14.7 Å². The molecule has 0 spiro atoms. The Morgan fingerprint density at radius 3 is 2.82 bits per heavy atom. The van der Waals surface area contributed by atoms with Crippen LogP contribution in [0.5, 0.6) is 0 Å². The molecule has 33 heavy (non-hydrogen) atoms. The van der Waals surface area contributed by atoms with Gasteiger partial charge in [-0.1, -0.05) is 32.9 Å². The Balaban J connectivity index is 1.42. The first-order valence-electron chi connectivity index (χ1n) is 12.1. The molecular weight excluding hydrogens is 414 g/mol. The lowest BCUT2D eigenvalue weighted by atomic mass is 9.88. The summed E-state index contributed by atoms with van der Waals surface area (Å²) in [4.78, 5) is 31.8. The van der Waals surface area contributed by atoms with Crippen molar-refractivity contribution in [1.29, 1.82) is 0 Å². The second-order valence-electron chi connectivity index (χ2n) is 10.7. The summed E-state index contributed by atoms with van der Waals surface area (Å²) >= 11 is 0. The molecule has 178 valence electrons. The zero-order valence-electron chi connectivity index (χ0n) is 20.6. The molecule has 1 aliphatic heterocycles. The Morgan fingerprint density at radius 1 is 1.33 bits per heavy atom. The summed E-state index contributed by atoms with van der Waals surface area (Å²) in [5, 5.41) is 7.77. The van der Waals surface area contributed by atoms with Crippen molar-refractivity contribution in [2.24, 2.45) is 5.41 Å². The third-order valence-electron chi connectivity index (χ3n) is 6.96. The van der Waals surface area contributed by atoms with Crippen molar-refractivity contribution in [2.45, 2.75) is 72.3 Å². The summed E-state index contributed by atoms with van der Waals surface area (Å²) in [6.45, 7) is 10.2. The topological polar surface area (TPSA) is 85.1 Å². The first-order valence-corrected chi connectivity index (χ1v) is 12.1. The van der Waals surface area contributed by atoms with Crippen molar-refractivity contribution >= 4 is 17.9 Å². The summed E-state index contributed by atoms with van der Waals surface area (Å²) in [7, 11) is 1.86. The summed E-state index contributed by atoms with van der Waals surface area (Å²) in [6.07, 6.45) is 8.93. The number of hydrogen-bond donors (Lipinski definition) is 2. The van der Waals surface area contributed by atoms with E-state index in [4.69, 9.17) is 0 Å². The van der Waals surface area contributed by atoms with E-state index >= 15 is 0 Å². The molecule has 1 atom stereocenters. The molecule has 7 nitrogen and oxygen atoms in total. The molecule has 1 aliphatic carbocycles. The number of carbonyl (C=O) groups excluding carboxylic acids is 2. The molecular formula is C26H37N5O2. The number of hydrogen-bond acceptors (Lipinski definition) is 3. The van der Waals surface area contributed by atoms with Gasteiger partial charge in [-0.2, -0.15) is 5.10 Å². The predicted molar refractivity (Wildman–Crippen MR) is 131 cm³/mol. The number of H-pyrrole nitrogens is 2. The molecule has 0 radical (unpaired) electrons. The highest BCUT2D eigenvalue weighted by molar-refractivity contribution is 5.80. The van der Waals surface area contributed by atoms with Crippen LogP contribution in [0.25, 0.3) is 17.5 Å². The molecule has 1 fully saturated rings. The van der Waals surface area contributed by atoms with Crippen LogP contribution in [0.3, 0.4) is 0 Å². The van der Waals surface area contributed by atoms with Crippen molar-refractivity contribution in [1.82, 2.24) is 25.0 Å². The molecule has 7 heteroatoms. The summed E-state index contributed by atoms with van der Waals surface area (Å²) in [6, 6.07) is 2.17. The molecule has 2 aromatic rings. The molecule has 1 saturated heterocycles. The normalized spacial score (nSPS) is 18.2. The zero-order chi connectivity index (χ0) is 23.8. The number of likely N-dealkylation sites (N-methyl/N-ethyl adjacent to an activating group) is 1. The Kier molecular flexibility index (Phi) is 6.50. The van der Waals surface area contributed by atoms with Gasteiger partial charge in [-0.05, 0) is 43.2 Å². The zero-order valence-corrected chi connectivity index (χ0v) is 20.6. The van der Waals surface area contributed by atoms with Crippen molar-refractivity contribution in [3.8, 4) is 11.4 Å². The van der Waals surface area contributed by atoms with Gasteiger partial charge in [0.2, 0.25) is 11.8 Å². The lowest BCUT2D eigenvalue weighted by Crippen LogP contribution is -2.40. The van der Waals surface area contributed by atoms with E-state index < -0.39 is 0 Å². The van der Waals surface area contributed by atoms with Crippen LogP contribution in [0, 0.1) is 12.3 Å². The van der Waals surface area contributed by atoms with Gasteiger partial charge < -0.3 is 14.8 Å². The molecule has 1 unspecified atom stereocenters. The Bertz CT molecular complexity index is 1060. The van der Waals surface area contributed by atoms with E-state index in [0.717, 1.165) is 60.6 Å². The van der Waals surface area contributed by atoms with Crippen LogP contribution < -0.4 is 0 Å².